The van der Waals surface area contributed by atoms with Crippen molar-refractivity contribution < 1.29 is 19.0 Å². The highest BCUT2D eigenvalue weighted by atomic mass is 19.1. The molecule has 192 valence electrons. The summed E-state index contributed by atoms with van der Waals surface area (Å²) in [4.78, 5) is 13.8. The van der Waals surface area contributed by atoms with Gasteiger partial charge in [0.1, 0.15) is 5.82 Å². The highest BCUT2D eigenvalue weighted by Crippen LogP contribution is 2.30. The van der Waals surface area contributed by atoms with E-state index in [-0.39, 0.29) is 17.7 Å². The molecule has 2 unspecified atom stereocenters. The van der Waals surface area contributed by atoms with Gasteiger partial charge in [0, 0.05) is 12.1 Å². The number of carbonyl (C=O) groups is 1. The lowest BCUT2D eigenvalue weighted by molar-refractivity contribution is -0.0131. The summed E-state index contributed by atoms with van der Waals surface area (Å²) in [5.41, 5.74) is 5.63. The quantitative estimate of drug-likeness (QED) is 0.364. The van der Waals surface area contributed by atoms with Gasteiger partial charge in [0.25, 0.3) is 0 Å². The summed E-state index contributed by atoms with van der Waals surface area (Å²) in [6, 6.07) is 21.0. The van der Waals surface area contributed by atoms with Crippen molar-refractivity contribution in [3.8, 4) is 11.1 Å². The highest BCUT2D eigenvalue weighted by molar-refractivity contribution is 5.94. The number of hydrogen-bond donors (Lipinski definition) is 1. The zero-order valence-corrected chi connectivity index (χ0v) is 21.8. The van der Waals surface area contributed by atoms with E-state index in [1.54, 1.807) is 19.9 Å². The maximum Gasteiger partial charge on any atom is 0.159 e. The maximum atomic E-state index is 12.6. The Kier molecular flexibility index (Phi) is 10.4. The van der Waals surface area contributed by atoms with Crippen molar-refractivity contribution in [2.24, 2.45) is 0 Å². The minimum absolute atomic E-state index is 0.0681. The fourth-order valence-electron chi connectivity index (χ4n) is 4.36. The second-order valence-corrected chi connectivity index (χ2v) is 9.61. The standard InChI is InChI=1S/C23H29NO3.C8H9F/c1-17(25)19-9-11-20(12-10-19)23-8-4-3-7-22(23)18(2)27-16-21(26)15-24-13-5-6-14-24;1-6-3-4-7(2)8(9)5-6/h3-4,7-12,18,21,26H,5-6,13-16H2,1-2H3;3-5H,1-2H3. The zero-order chi connectivity index (χ0) is 26.1. The normalized spacial score (nSPS) is 15.2. The monoisotopic (exact) mass is 491 g/mol. The van der Waals surface area contributed by atoms with E-state index in [4.69, 9.17) is 4.74 Å². The number of Topliss-reactive ketones (excluding diaryl/α,β-unsaturated/α-hetero) is 1. The van der Waals surface area contributed by atoms with E-state index in [0.717, 1.165) is 35.3 Å². The molecular weight excluding hydrogens is 453 g/mol. The number of ketones is 1. The second-order valence-electron chi connectivity index (χ2n) is 9.61. The van der Waals surface area contributed by atoms with Crippen LogP contribution in [0.5, 0.6) is 0 Å². The van der Waals surface area contributed by atoms with Gasteiger partial charge >= 0.3 is 0 Å². The van der Waals surface area contributed by atoms with Gasteiger partial charge in [-0.05, 0) is 87.5 Å². The Morgan fingerprint density at radius 3 is 2.31 bits per heavy atom. The molecule has 0 spiro atoms. The number of halogens is 1. The molecule has 5 heteroatoms. The van der Waals surface area contributed by atoms with Gasteiger partial charge in [-0.25, -0.2) is 4.39 Å². The molecule has 1 heterocycles. The van der Waals surface area contributed by atoms with Crippen LogP contribution >= 0.6 is 0 Å². The first-order valence-electron chi connectivity index (χ1n) is 12.7. The molecule has 0 amide bonds. The summed E-state index contributed by atoms with van der Waals surface area (Å²) in [6.45, 7) is 10.4. The van der Waals surface area contributed by atoms with Crippen LogP contribution in [0.15, 0.2) is 66.7 Å². The van der Waals surface area contributed by atoms with Gasteiger partial charge in [0.15, 0.2) is 5.78 Å². The first-order chi connectivity index (χ1) is 17.2. The smallest absolute Gasteiger partial charge is 0.159 e. The fourth-order valence-corrected chi connectivity index (χ4v) is 4.36. The highest BCUT2D eigenvalue weighted by Gasteiger charge is 2.18. The second kappa shape index (κ2) is 13.4. The van der Waals surface area contributed by atoms with E-state index in [0.29, 0.717) is 24.3 Å². The number of β-amino-alcohol motifs (C(OH)–C–C–N with tert-alkyl or cyclic N) is 1. The molecule has 1 N–H and O–H groups in total. The molecule has 1 aliphatic rings. The molecule has 4 rings (SSSR count). The molecule has 0 aliphatic carbocycles. The van der Waals surface area contributed by atoms with Gasteiger partial charge in [0.2, 0.25) is 0 Å². The number of carbonyl (C=O) groups excluding carboxylic acids is 1. The Bertz CT molecular complexity index is 1120. The molecule has 1 saturated heterocycles. The van der Waals surface area contributed by atoms with E-state index < -0.39 is 6.10 Å². The van der Waals surface area contributed by atoms with Gasteiger partial charge in [-0.3, -0.25) is 4.79 Å². The van der Waals surface area contributed by atoms with Crippen LogP contribution in [0.25, 0.3) is 11.1 Å². The lowest BCUT2D eigenvalue weighted by atomic mass is 9.95. The number of nitrogens with zero attached hydrogens (tertiary/aromatic N) is 1. The molecule has 0 aromatic heterocycles. The Balaban J connectivity index is 0.000000338. The molecule has 3 aromatic carbocycles. The van der Waals surface area contributed by atoms with Crippen molar-refractivity contribution in [3.63, 3.8) is 0 Å². The Labute approximate surface area is 214 Å². The van der Waals surface area contributed by atoms with E-state index in [9.17, 15) is 14.3 Å². The molecule has 1 fully saturated rings. The molecule has 0 radical (unpaired) electrons. The van der Waals surface area contributed by atoms with Crippen LogP contribution < -0.4 is 0 Å². The van der Waals surface area contributed by atoms with Crippen LogP contribution in [-0.4, -0.2) is 48.1 Å². The Morgan fingerprint density at radius 2 is 1.69 bits per heavy atom. The van der Waals surface area contributed by atoms with Gasteiger partial charge in [0.05, 0.1) is 18.8 Å². The van der Waals surface area contributed by atoms with Crippen molar-refractivity contribution in [3.05, 3.63) is 94.8 Å². The van der Waals surface area contributed by atoms with E-state index in [2.05, 4.69) is 17.0 Å². The summed E-state index contributed by atoms with van der Waals surface area (Å²) in [5.74, 6) is -0.0477. The van der Waals surface area contributed by atoms with Crippen molar-refractivity contribution in [2.45, 2.75) is 52.7 Å². The first kappa shape index (κ1) is 27.7. The number of ether oxygens (including phenoxy) is 1. The Hall–Kier alpha value is -2.86. The summed E-state index contributed by atoms with van der Waals surface area (Å²) in [5, 5.41) is 10.3. The molecule has 3 aromatic rings. The number of rotatable bonds is 8. The number of aliphatic hydroxyl groups excluding tert-OH is 1. The van der Waals surface area contributed by atoms with E-state index >= 15 is 0 Å². The SMILES string of the molecule is CC(=O)c1ccc(-c2ccccc2C(C)OCC(O)CN2CCCC2)cc1.Cc1ccc(C)c(F)c1. The number of aryl methyl sites for hydroxylation is 2. The Morgan fingerprint density at radius 1 is 1.03 bits per heavy atom. The van der Waals surface area contributed by atoms with Crippen molar-refractivity contribution in [1.82, 2.24) is 4.90 Å². The molecule has 0 bridgehead atoms. The molecule has 1 aliphatic heterocycles. The topological polar surface area (TPSA) is 49.8 Å². The van der Waals surface area contributed by atoms with E-state index in [1.165, 1.54) is 18.9 Å². The molecule has 4 nitrogen and oxygen atoms in total. The summed E-state index contributed by atoms with van der Waals surface area (Å²) in [6.07, 6.45) is 1.86. The predicted molar refractivity (Wildman–Crippen MR) is 144 cm³/mol. The minimum atomic E-state index is -0.465. The average Bonchev–Trinajstić information content (AvgIpc) is 3.38. The largest absolute Gasteiger partial charge is 0.389 e. The lowest BCUT2D eigenvalue weighted by Gasteiger charge is -2.22. The van der Waals surface area contributed by atoms with Crippen LogP contribution in [0.4, 0.5) is 4.39 Å². The third-order valence-corrected chi connectivity index (χ3v) is 6.53. The molecule has 0 saturated carbocycles. The first-order valence-corrected chi connectivity index (χ1v) is 12.7. The van der Waals surface area contributed by atoms with Crippen LogP contribution in [0, 0.1) is 19.7 Å². The molecule has 2 atom stereocenters. The fraction of sp³-hybridized carbons (Fsp3) is 0.387. The van der Waals surface area contributed by atoms with Crippen LogP contribution in [0.3, 0.4) is 0 Å². The van der Waals surface area contributed by atoms with Gasteiger partial charge in [-0.2, -0.15) is 0 Å². The van der Waals surface area contributed by atoms with Crippen molar-refractivity contribution in [1.29, 1.82) is 0 Å². The van der Waals surface area contributed by atoms with Crippen molar-refractivity contribution in [2.75, 3.05) is 26.2 Å². The minimum Gasteiger partial charge on any atom is -0.389 e. The molecular formula is C31H38FNO3. The van der Waals surface area contributed by atoms with Gasteiger partial charge in [-0.15, -0.1) is 0 Å². The van der Waals surface area contributed by atoms with Crippen LogP contribution in [0.2, 0.25) is 0 Å². The maximum absolute atomic E-state index is 12.6. The van der Waals surface area contributed by atoms with Crippen LogP contribution in [0.1, 0.15) is 59.8 Å². The van der Waals surface area contributed by atoms with E-state index in [1.807, 2.05) is 56.3 Å². The summed E-state index contributed by atoms with van der Waals surface area (Å²) < 4.78 is 18.6. The van der Waals surface area contributed by atoms with Gasteiger partial charge < -0.3 is 14.7 Å². The third-order valence-electron chi connectivity index (χ3n) is 6.53. The predicted octanol–water partition coefficient (Wildman–Crippen LogP) is 6.53. The van der Waals surface area contributed by atoms with Gasteiger partial charge in [-0.1, -0.05) is 60.7 Å². The average molecular weight is 492 g/mol. The zero-order valence-electron chi connectivity index (χ0n) is 21.8. The number of hydrogen-bond acceptors (Lipinski definition) is 4. The lowest BCUT2D eigenvalue weighted by Crippen LogP contribution is -2.33. The van der Waals surface area contributed by atoms with Crippen LogP contribution in [-0.2, 0) is 4.74 Å². The number of aliphatic hydroxyl groups is 1. The van der Waals surface area contributed by atoms with Crippen molar-refractivity contribution >= 4 is 5.78 Å². The number of likely N-dealkylation sites (tertiary alicyclic amines) is 1. The molecule has 36 heavy (non-hydrogen) atoms. The number of benzene rings is 3. The summed E-state index contributed by atoms with van der Waals surface area (Å²) in [7, 11) is 0. The summed E-state index contributed by atoms with van der Waals surface area (Å²) >= 11 is 0. The third kappa shape index (κ3) is 8.09.